The molecule has 0 aliphatic heterocycles. The van der Waals surface area contributed by atoms with Crippen molar-refractivity contribution in [3.05, 3.63) is 52.6 Å². The molecule has 2 rings (SSSR count). The summed E-state index contributed by atoms with van der Waals surface area (Å²) in [7, 11) is 0. The number of aryl methyl sites for hydroxylation is 1. The minimum Gasteiger partial charge on any atom is -0.390 e. The summed E-state index contributed by atoms with van der Waals surface area (Å²) in [6.07, 6.45) is 3.53. The lowest BCUT2D eigenvalue weighted by Crippen LogP contribution is -2.37. The van der Waals surface area contributed by atoms with Gasteiger partial charge in [0.15, 0.2) is 0 Å². The normalized spacial score (nSPS) is 11.8. The Balaban J connectivity index is 1.80. The molecular weight excluding hydrogens is 286 g/mol. The van der Waals surface area contributed by atoms with Crippen LogP contribution in [0.4, 0.5) is 0 Å². The molecule has 0 spiro atoms. The number of aliphatic hydroxyl groups excluding tert-OH is 1. The maximum Gasteiger partial charge on any atom is 0.106 e. The molecule has 3 N–H and O–H groups in total. The van der Waals surface area contributed by atoms with Crippen LogP contribution in [-0.2, 0) is 18.6 Å². The summed E-state index contributed by atoms with van der Waals surface area (Å²) in [4.78, 5) is 7.33. The molecule has 0 aliphatic carbocycles. The molecular formula is C16H22ClN3O. The van der Waals surface area contributed by atoms with Crippen LogP contribution in [0.3, 0.4) is 0 Å². The summed E-state index contributed by atoms with van der Waals surface area (Å²) in [5.41, 5.74) is 1.89. The van der Waals surface area contributed by atoms with E-state index < -0.39 is 0 Å². The van der Waals surface area contributed by atoms with E-state index in [0.717, 1.165) is 35.9 Å². The molecule has 0 amide bonds. The highest BCUT2D eigenvalue weighted by atomic mass is 35.5. The Morgan fingerprint density at radius 2 is 2.00 bits per heavy atom. The van der Waals surface area contributed by atoms with Crippen LogP contribution in [0.15, 0.2) is 30.5 Å². The number of imidazole rings is 1. The maximum absolute atomic E-state index is 8.98. The Bertz CT molecular complexity index is 563. The van der Waals surface area contributed by atoms with Gasteiger partial charge in [-0.1, -0.05) is 23.7 Å². The molecule has 4 nitrogen and oxygen atoms in total. The van der Waals surface area contributed by atoms with Crippen molar-refractivity contribution in [1.82, 2.24) is 15.3 Å². The molecule has 0 radical (unpaired) electrons. The third-order valence-corrected chi connectivity index (χ3v) is 3.83. The van der Waals surface area contributed by atoms with Crippen LogP contribution >= 0.6 is 11.6 Å². The summed E-state index contributed by atoms with van der Waals surface area (Å²) >= 11 is 5.92. The topological polar surface area (TPSA) is 60.9 Å². The zero-order valence-electron chi connectivity index (χ0n) is 12.5. The van der Waals surface area contributed by atoms with Crippen LogP contribution in [0.5, 0.6) is 0 Å². The highest BCUT2D eigenvalue weighted by molar-refractivity contribution is 6.30. The number of nitrogens with one attached hydrogen (secondary N) is 2. The average Bonchev–Trinajstić information content (AvgIpc) is 2.92. The summed E-state index contributed by atoms with van der Waals surface area (Å²) in [5.74, 6) is 0.921. The molecule has 0 aliphatic rings. The van der Waals surface area contributed by atoms with Gasteiger partial charge in [0.25, 0.3) is 0 Å². The van der Waals surface area contributed by atoms with Gasteiger partial charge in [-0.2, -0.15) is 0 Å². The first-order chi connectivity index (χ1) is 10.0. The van der Waals surface area contributed by atoms with E-state index in [-0.39, 0.29) is 12.1 Å². The predicted molar refractivity (Wildman–Crippen MR) is 85.3 cm³/mol. The quantitative estimate of drug-likeness (QED) is 0.689. The van der Waals surface area contributed by atoms with Gasteiger partial charge in [0, 0.05) is 17.0 Å². The monoisotopic (exact) mass is 307 g/mol. The van der Waals surface area contributed by atoms with Crippen LogP contribution in [0, 0.1) is 0 Å². The molecule has 0 fully saturated rings. The zero-order chi connectivity index (χ0) is 15.3. The van der Waals surface area contributed by atoms with E-state index in [2.05, 4.69) is 41.3 Å². The van der Waals surface area contributed by atoms with Gasteiger partial charge in [-0.15, -0.1) is 0 Å². The van der Waals surface area contributed by atoms with Gasteiger partial charge in [-0.3, -0.25) is 0 Å². The molecule has 1 aromatic carbocycles. The Morgan fingerprint density at radius 1 is 1.29 bits per heavy atom. The Labute approximate surface area is 130 Å². The SMILES string of the molecule is CC(C)(NCCCc1ncc(CO)[nH]1)c1ccc(Cl)cc1. The number of H-pyrrole nitrogens is 1. The first-order valence-electron chi connectivity index (χ1n) is 7.16. The molecule has 0 saturated heterocycles. The van der Waals surface area contributed by atoms with Crippen molar-refractivity contribution in [2.24, 2.45) is 0 Å². The number of benzene rings is 1. The second-order valence-electron chi connectivity index (χ2n) is 5.68. The van der Waals surface area contributed by atoms with E-state index in [9.17, 15) is 0 Å². The van der Waals surface area contributed by atoms with Crippen LogP contribution in [0.1, 0.15) is 37.4 Å². The smallest absolute Gasteiger partial charge is 0.106 e. The van der Waals surface area contributed by atoms with Crippen LogP contribution in [0.25, 0.3) is 0 Å². The van der Waals surface area contributed by atoms with E-state index in [0.29, 0.717) is 0 Å². The highest BCUT2D eigenvalue weighted by Crippen LogP contribution is 2.21. The number of halogens is 1. The third kappa shape index (κ3) is 4.56. The lowest BCUT2D eigenvalue weighted by atomic mass is 9.94. The van der Waals surface area contributed by atoms with Crippen molar-refractivity contribution in [1.29, 1.82) is 0 Å². The minimum absolute atomic E-state index is 0.00878. The fourth-order valence-electron chi connectivity index (χ4n) is 2.24. The van der Waals surface area contributed by atoms with Gasteiger partial charge < -0.3 is 15.4 Å². The van der Waals surface area contributed by atoms with E-state index in [4.69, 9.17) is 16.7 Å². The Hall–Kier alpha value is -1.36. The largest absolute Gasteiger partial charge is 0.390 e. The van der Waals surface area contributed by atoms with E-state index in [1.165, 1.54) is 5.56 Å². The van der Waals surface area contributed by atoms with Gasteiger partial charge in [0.05, 0.1) is 18.5 Å². The zero-order valence-corrected chi connectivity index (χ0v) is 13.2. The van der Waals surface area contributed by atoms with Crippen molar-refractivity contribution < 1.29 is 5.11 Å². The molecule has 0 saturated carbocycles. The first kappa shape index (κ1) is 16.0. The molecule has 0 bridgehead atoms. The summed E-state index contributed by atoms with van der Waals surface area (Å²) in [6.45, 7) is 5.22. The number of hydrogen-bond donors (Lipinski definition) is 3. The van der Waals surface area contributed by atoms with Crippen molar-refractivity contribution >= 4 is 11.6 Å². The molecule has 1 heterocycles. The van der Waals surface area contributed by atoms with Crippen molar-refractivity contribution in [2.45, 2.75) is 38.8 Å². The minimum atomic E-state index is -0.0932. The Morgan fingerprint density at radius 3 is 2.62 bits per heavy atom. The summed E-state index contributed by atoms with van der Waals surface area (Å²) in [6, 6.07) is 7.93. The number of hydrogen-bond acceptors (Lipinski definition) is 3. The molecule has 5 heteroatoms. The van der Waals surface area contributed by atoms with Crippen LogP contribution in [-0.4, -0.2) is 21.6 Å². The molecule has 0 atom stereocenters. The van der Waals surface area contributed by atoms with Gasteiger partial charge in [-0.25, -0.2) is 4.98 Å². The predicted octanol–water partition coefficient (Wildman–Crippen LogP) is 3.01. The number of aromatic nitrogens is 2. The van der Waals surface area contributed by atoms with Gasteiger partial charge in [0.2, 0.25) is 0 Å². The lowest BCUT2D eigenvalue weighted by molar-refractivity contribution is 0.277. The average molecular weight is 308 g/mol. The molecule has 114 valence electrons. The molecule has 2 aromatic rings. The maximum atomic E-state index is 8.98. The van der Waals surface area contributed by atoms with Gasteiger partial charge >= 0.3 is 0 Å². The lowest BCUT2D eigenvalue weighted by Gasteiger charge is -2.27. The highest BCUT2D eigenvalue weighted by Gasteiger charge is 2.18. The van der Waals surface area contributed by atoms with Crippen LogP contribution in [0.2, 0.25) is 5.02 Å². The summed E-state index contributed by atoms with van der Waals surface area (Å²) < 4.78 is 0. The fourth-order valence-corrected chi connectivity index (χ4v) is 2.36. The number of rotatable bonds is 7. The second-order valence-corrected chi connectivity index (χ2v) is 6.11. The van der Waals surface area contributed by atoms with Crippen molar-refractivity contribution in [3.8, 4) is 0 Å². The number of aliphatic hydroxyl groups is 1. The standard InChI is InChI=1S/C16H22ClN3O/c1-16(2,12-5-7-13(17)8-6-12)19-9-3-4-15-18-10-14(11-21)20-15/h5-8,10,19,21H,3-4,9,11H2,1-2H3,(H,18,20). The molecule has 1 aromatic heterocycles. The van der Waals surface area contributed by atoms with Crippen LogP contribution < -0.4 is 5.32 Å². The van der Waals surface area contributed by atoms with E-state index in [1.807, 2.05) is 12.1 Å². The summed E-state index contributed by atoms with van der Waals surface area (Å²) in [5, 5.41) is 13.3. The van der Waals surface area contributed by atoms with E-state index in [1.54, 1.807) is 6.20 Å². The fraction of sp³-hybridized carbons (Fsp3) is 0.438. The third-order valence-electron chi connectivity index (χ3n) is 3.57. The van der Waals surface area contributed by atoms with Gasteiger partial charge in [0.1, 0.15) is 5.82 Å². The number of nitrogens with zero attached hydrogens (tertiary/aromatic N) is 1. The number of aromatic amines is 1. The Kier molecular flexibility index (Phi) is 5.39. The van der Waals surface area contributed by atoms with E-state index >= 15 is 0 Å². The molecule has 0 unspecified atom stereocenters. The van der Waals surface area contributed by atoms with Gasteiger partial charge in [-0.05, 0) is 44.5 Å². The van der Waals surface area contributed by atoms with Crippen molar-refractivity contribution in [3.63, 3.8) is 0 Å². The molecule has 21 heavy (non-hydrogen) atoms. The van der Waals surface area contributed by atoms with Crippen molar-refractivity contribution in [2.75, 3.05) is 6.54 Å². The first-order valence-corrected chi connectivity index (χ1v) is 7.54. The second kappa shape index (κ2) is 7.07.